The highest BCUT2D eigenvalue weighted by atomic mass is 19.4. The van der Waals surface area contributed by atoms with Gasteiger partial charge in [-0.15, -0.1) is 0 Å². The highest BCUT2D eigenvalue weighted by Gasteiger charge is 2.53. The van der Waals surface area contributed by atoms with Crippen molar-refractivity contribution in [2.75, 3.05) is 7.05 Å². The van der Waals surface area contributed by atoms with Crippen LogP contribution in [0.4, 0.5) is 13.2 Å². The Morgan fingerprint density at radius 3 is 1.91 bits per heavy atom. The maximum absolute atomic E-state index is 11.9. The first kappa shape index (κ1) is 10.2. The normalized spacial score (nSPS) is 17.3. The monoisotopic (exact) mass is 170 g/mol. The Morgan fingerprint density at radius 1 is 1.45 bits per heavy atom. The number of likely N-dealkylation sites (N-methyl/N-ethyl adjacent to an activating group) is 1. The zero-order chi connectivity index (χ0) is 9.28. The van der Waals surface area contributed by atoms with E-state index in [4.69, 9.17) is 5.73 Å². The van der Waals surface area contributed by atoms with Crippen molar-refractivity contribution >= 4 is 5.91 Å². The van der Waals surface area contributed by atoms with Crippen molar-refractivity contribution in [2.24, 2.45) is 5.73 Å². The topological polar surface area (TPSA) is 55.1 Å². The third-order valence-corrected chi connectivity index (χ3v) is 1.29. The Balaban J connectivity index is 4.59. The summed E-state index contributed by atoms with van der Waals surface area (Å²) in [6.45, 7) is 0.617. The van der Waals surface area contributed by atoms with E-state index in [0.717, 1.165) is 7.05 Å². The van der Waals surface area contributed by atoms with Crippen molar-refractivity contribution < 1.29 is 18.0 Å². The summed E-state index contributed by atoms with van der Waals surface area (Å²) < 4.78 is 35.7. The highest BCUT2D eigenvalue weighted by molar-refractivity contribution is 5.86. The Bertz CT molecular complexity index is 164. The molecule has 11 heavy (non-hydrogen) atoms. The summed E-state index contributed by atoms with van der Waals surface area (Å²) in [6, 6.07) is 0. The standard InChI is InChI=1S/C5H9F3N2O/c1-4(9,3(11)10-2)5(6,7)8/h9H2,1-2H3,(H,10,11). The molecule has 0 bridgehead atoms. The van der Waals surface area contributed by atoms with E-state index < -0.39 is 17.6 Å². The lowest BCUT2D eigenvalue weighted by Crippen LogP contribution is -2.60. The van der Waals surface area contributed by atoms with Gasteiger partial charge in [-0.2, -0.15) is 13.2 Å². The van der Waals surface area contributed by atoms with E-state index >= 15 is 0 Å². The molecule has 0 aromatic heterocycles. The van der Waals surface area contributed by atoms with E-state index in [1.165, 1.54) is 0 Å². The zero-order valence-electron chi connectivity index (χ0n) is 6.12. The molecule has 0 spiro atoms. The van der Waals surface area contributed by atoms with Crippen molar-refractivity contribution in [1.82, 2.24) is 5.32 Å². The molecule has 3 nitrogen and oxygen atoms in total. The second-order valence-corrected chi connectivity index (χ2v) is 2.28. The maximum Gasteiger partial charge on any atom is 0.415 e. The molecule has 3 N–H and O–H groups in total. The molecule has 0 aromatic rings. The lowest BCUT2D eigenvalue weighted by atomic mass is 10.0. The molecule has 66 valence electrons. The molecule has 1 unspecified atom stereocenters. The molecule has 0 heterocycles. The number of carbonyl (C=O) groups excluding carboxylic acids is 1. The van der Waals surface area contributed by atoms with Gasteiger partial charge in [-0.3, -0.25) is 4.79 Å². The quantitative estimate of drug-likeness (QED) is 0.582. The minimum atomic E-state index is -4.72. The summed E-state index contributed by atoms with van der Waals surface area (Å²) in [4.78, 5) is 10.5. The molecule has 0 rings (SSSR count). The number of nitrogens with one attached hydrogen (secondary N) is 1. The summed E-state index contributed by atoms with van der Waals surface area (Å²) in [7, 11) is 1.10. The predicted molar refractivity (Wildman–Crippen MR) is 32.7 cm³/mol. The Hall–Kier alpha value is -0.780. The summed E-state index contributed by atoms with van der Waals surface area (Å²) >= 11 is 0. The van der Waals surface area contributed by atoms with Crippen LogP contribution in [0.3, 0.4) is 0 Å². The molecule has 0 aliphatic rings. The fraction of sp³-hybridized carbons (Fsp3) is 0.800. The fourth-order valence-electron chi connectivity index (χ4n) is 0.388. The lowest BCUT2D eigenvalue weighted by molar-refractivity contribution is -0.187. The molecule has 6 heteroatoms. The maximum atomic E-state index is 11.9. The molecule has 0 aromatic carbocycles. The number of alkyl halides is 3. The largest absolute Gasteiger partial charge is 0.415 e. The van der Waals surface area contributed by atoms with Gasteiger partial charge in [0.05, 0.1) is 0 Å². The van der Waals surface area contributed by atoms with Crippen molar-refractivity contribution in [3.63, 3.8) is 0 Å². The van der Waals surface area contributed by atoms with Gasteiger partial charge in [0.25, 0.3) is 0 Å². The number of hydrogen-bond donors (Lipinski definition) is 2. The van der Waals surface area contributed by atoms with Crippen LogP contribution in [0.1, 0.15) is 6.92 Å². The number of rotatable bonds is 1. The van der Waals surface area contributed by atoms with Gasteiger partial charge in [0.15, 0.2) is 5.54 Å². The van der Waals surface area contributed by atoms with E-state index in [-0.39, 0.29) is 0 Å². The van der Waals surface area contributed by atoms with Gasteiger partial charge in [-0.25, -0.2) is 0 Å². The molecule has 0 aliphatic carbocycles. The highest BCUT2D eigenvalue weighted by Crippen LogP contribution is 2.27. The van der Waals surface area contributed by atoms with E-state index in [2.05, 4.69) is 0 Å². The minimum absolute atomic E-state index is 0.617. The third-order valence-electron chi connectivity index (χ3n) is 1.29. The van der Waals surface area contributed by atoms with Crippen molar-refractivity contribution in [2.45, 2.75) is 18.6 Å². The van der Waals surface area contributed by atoms with Crippen LogP contribution < -0.4 is 11.1 Å². The first-order valence-electron chi connectivity index (χ1n) is 2.81. The predicted octanol–water partition coefficient (Wildman–Crippen LogP) is 0.0121. The number of amides is 1. The van der Waals surface area contributed by atoms with Gasteiger partial charge < -0.3 is 11.1 Å². The van der Waals surface area contributed by atoms with Crippen LogP contribution in [0.25, 0.3) is 0 Å². The zero-order valence-corrected chi connectivity index (χ0v) is 6.12. The minimum Gasteiger partial charge on any atom is -0.357 e. The molecule has 1 amide bonds. The summed E-state index contributed by atoms with van der Waals surface area (Å²) in [6.07, 6.45) is -4.72. The van der Waals surface area contributed by atoms with Gasteiger partial charge in [-0.05, 0) is 6.92 Å². The first-order chi connectivity index (χ1) is 4.73. The lowest BCUT2D eigenvalue weighted by Gasteiger charge is -2.24. The van der Waals surface area contributed by atoms with Gasteiger partial charge in [-0.1, -0.05) is 0 Å². The Morgan fingerprint density at radius 2 is 1.82 bits per heavy atom. The summed E-state index contributed by atoms with van der Waals surface area (Å²) in [5.74, 6) is -1.25. The number of hydrogen-bond acceptors (Lipinski definition) is 2. The van der Waals surface area contributed by atoms with E-state index in [0.29, 0.717) is 6.92 Å². The Kier molecular flexibility index (Phi) is 2.50. The molecular weight excluding hydrogens is 161 g/mol. The smallest absolute Gasteiger partial charge is 0.357 e. The van der Waals surface area contributed by atoms with Crippen LogP contribution in [0.2, 0.25) is 0 Å². The second-order valence-electron chi connectivity index (χ2n) is 2.28. The van der Waals surface area contributed by atoms with Gasteiger partial charge >= 0.3 is 6.18 Å². The van der Waals surface area contributed by atoms with Gasteiger partial charge in [0.1, 0.15) is 0 Å². The van der Waals surface area contributed by atoms with Crippen molar-refractivity contribution in [3.8, 4) is 0 Å². The van der Waals surface area contributed by atoms with Gasteiger partial charge in [0, 0.05) is 7.05 Å². The van der Waals surface area contributed by atoms with E-state index in [1.807, 2.05) is 5.32 Å². The molecule has 0 fully saturated rings. The van der Waals surface area contributed by atoms with Crippen molar-refractivity contribution in [3.05, 3.63) is 0 Å². The third kappa shape index (κ3) is 1.83. The van der Waals surface area contributed by atoms with Crippen molar-refractivity contribution in [1.29, 1.82) is 0 Å². The van der Waals surface area contributed by atoms with Crippen LogP contribution in [0, 0.1) is 0 Å². The van der Waals surface area contributed by atoms with Crippen LogP contribution in [-0.4, -0.2) is 24.7 Å². The van der Waals surface area contributed by atoms with E-state index in [9.17, 15) is 18.0 Å². The van der Waals surface area contributed by atoms with Gasteiger partial charge in [0.2, 0.25) is 5.91 Å². The molecular formula is C5H9F3N2O. The second kappa shape index (κ2) is 2.69. The molecule has 0 aliphatic heterocycles. The molecule has 1 atom stereocenters. The van der Waals surface area contributed by atoms with Crippen LogP contribution in [0.15, 0.2) is 0 Å². The summed E-state index contributed by atoms with van der Waals surface area (Å²) in [5, 5.41) is 1.83. The summed E-state index contributed by atoms with van der Waals surface area (Å²) in [5.41, 5.74) is 1.91. The number of nitrogens with two attached hydrogens (primary N) is 1. The average Bonchev–Trinajstić information content (AvgIpc) is 1.83. The average molecular weight is 170 g/mol. The van der Waals surface area contributed by atoms with E-state index in [1.54, 1.807) is 0 Å². The first-order valence-corrected chi connectivity index (χ1v) is 2.81. The SMILES string of the molecule is CNC(=O)C(C)(N)C(F)(F)F. The number of halogens is 3. The van der Waals surface area contributed by atoms with Crippen LogP contribution >= 0.6 is 0 Å². The molecule has 0 saturated heterocycles. The van der Waals surface area contributed by atoms with Crippen LogP contribution in [-0.2, 0) is 4.79 Å². The molecule has 0 saturated carbocycles. The van der Waals surface area contributed by atoms with Crippen LogP contribution in [0.5, 0.6) is 0 Å². The Labute approximate surface area is 61.7 Å². The molecule has 0 radical (unpaired) electrons. The fourth-order valence-corrected chi connectivity index (χ4v) is 0.388. The number of carbonyl (C=O) groups is 1.